The molecule has 15 heavy (non-hydrogen) atoms. The number of nitrogens with one attached hydrogen (secondary N) is 1. The fraction of sp³-hybridized carbons (Fsp3) is 0.909. The van der Waals surface area contributed by atoms with Crippen LogP contribution < -0.4 is 11.3 Å². The molecular formula is C11H23N3O. The maximum Gasteiger partial charge on any atom is 0.240 e. The predicted molar refractivity (Wildman–Crippen MR) is 60.9 cm³/mol. The molecule has 0 spiro atoms. The van der Waals surface area contributed by atoms with E-state index in [0.717, 1.165) is 19.6 Å². The number of amides is 1. The lowest BCUT2D eigenvalue weighted by Gasteiger charge is -2.29. The zero-order chi connectivity index (χ0) is 11.7. The molecule has 1 aliphatic rings. The molecule has 4 heteroatoms. The summed E-state index contributed by atoms with van der Waals surface area (Å²) < 4.78 is 0. The van der Waals surface area contributed by atoms with Crippen LogP contribution in [0.15, 0.2) is 0 Å². The Morgan fingerprint density at radius 2 is 2.13 bits per heavy atom. The van der Waals surface area contributed by atoms with Gasteiger partial charge in [0, 0.05) is 13.1 Å². The molecule has 0 aliphatic carbocycles. The van der Waals surface area contributed by atoms with Crippen molar-refractivity contribution in [3.63, 3.8) is 0 Å². The molecule has 1 fully saturated rings. The fourth-order valence-corrected chi connectivity index (χ4v) is 2.19. The second kappa shape index (κ2) is 4.10. The van der Waals surface area contributed by atoms with E-state index in [2.05, 4.69) is 24.2 Å². The van der Waals surface area contributed by atoms with Crippen molar-refractivity contribution in [2.75, 3.05) is 19.6 Å². The molecule has 0 aromatic heterocycles. The van der Waals surface area contributed by atoms with E-state index in [-0.39, 0.29) is 5.91 Å². The second-order valence-corrected chi connectivity index (χ2v) is 5.98. The monoisotopic (exact) mass is 213 g/mol. The van der Waals surface area contributed by atoms with E-state index in [4.69, 9.17) is 5.84 Å². The van der Waals surface area contributed by atoms with Gasteiger partial charge >= 0.3 is 0 Å². The molecular weight excluding hydrogens is 190 g/mol. The van der Waals surface area contributed by atoms with Gasteiger partial charge in [0.05, 0.1) is 5.41 Å². The summed E-state index contributed by atoms with van der Waals surface area (Å²) in [4.78, 5) is 13.9. The van der Waals surface area contributed by atoms with Gasteiger partial charge in [0.25, 0.3) is 0 Å². The maximum absolute atomic E-state index is 11.5. The van der Waals surface area contributed by atoms with E-state index in [0.29, 0.717) is 5.41 Å². The standard InChI is InChI=1S/C11H23N3O/c1-10(2)5-6-14(7-10)8-11(3,4)9(15)13-12/h5-8,12H2,1-4H3,(H,13,15). The minimum absolute atomic E-state index is 0.0905. The molecule has 1 aliphatic heterocycles. The van der Waals surface area contributed by atoms with Crippen molar-refractivity contribution >= 4 is 5.91 Å². The molecule has 1 saturated heterocycles. The summed E-state index contributed by atoms with van der Waals surface area (Å²) in [6.07, 6.45) is 1.20. The van der Waals surface area contributed by atoms with Gasteiger partial charge in [0.2, 0.25) is 5.91 Å². The summed E-state index contributed by atoms with van der Waals surface area (Å²) in [5.41, 5.74) is 2.21. The highest BCUT2D eigenvalue weighted by molar-refractivity contribution is 5.81. The zero-order valence-corrected chi connectivity index (χ0v) is 10.3. The van der Waals surface area contributed by atoms with Gasteiger partial charge in [-0.3, -0.25) is 10.2 Å². The molecule has 1 amide bonds. The molecule has 0 aromatic carbocycles. The lowest BCUT2D eigenvalue weighted by Crippen LogP contribution is -2.47. The highest BCUT2D eigenvalue weighted by atomic mass is 16.2. The Bertz CT molecular complexity index is 248. The highest BCUT2D eigenvalue weighted by Crippen LogP contribution is 2.31. The first kappa shape index (κ1) is 12.5. The molecule has 0 bridgehead atoms. The number of nitrogens with two attached hydrogens (primary N) is 1. The van der Waals surface area contributed by atoms with Gasteiger partial charge in [-0.05, 0) is 32.2 Å². The lowest BCUT2D eigenvalue weighted by molar-refractivity contribution is -0.130. The predicted octanol–water partition coefficient (Wildman–Crippen LogP) is 0.734. The summed E-state index contributed by atoms with van der Waals surface area (Å²) in [5, 5.41) is 0. The first-order valence-electron chi connectivity index (χ1n) is 5.50. The van der Waals surface area contributed by atoms with Crippen LogP contribution in [-0.2, 0) is 4.79 Å². The number of hydrazine groups is 1. The molecule has 3 N–H and O–H groups in total. The largest absolute Gasteiger partial charge is 0.302 e. The lowest BCUT2D eigenvalue weighted by atomic mass is 9.91. The Labute approximate surface area is 92.2 Å². The SMILES string of the molecule is CC1(C)CCN(CC(C)(C)C(=O)NN)C1. The Balaban J connectivity index is 2.52. The van der Waals surface area contributed by atoms with Crippen LogP contribution in [0.2, 0.25) is 0 Å². The van der Waals surface area contributed by atoms with Crippen LogP contribution in [0, 0.1) is 10.8 Å². The third-order valence-corrected chi connectivity index (χ3v) is 3.12. The number of rotatable bonds is 3. The minimum Gasteiger partial charge on any atom is -0.302 e. The van der Waals surface area contributed by atoms with Crippen molar-refractivity contribution in [2.24, 2.45) is 16.7 Å². The molecule has 0 radical (unpaired) electrons. The molecule has 1 heterocycles. The van der Waals surface area contributed by atoms with Crippen molar-refractivity contribution in [1.82, 2.24) is 10.3 Å². The van der Waals surface area contributed by atoms with Gasteiger partial charge in [0.15, 0.2) is 0 Å². The first-order chi connectivity index (χ1) is 6.77. The molecule has 0 saturated carbocycles. The molecule has 1 rings (SSSR count). The second-order valence-electron chi connectivity index (χ2n) is 5.98. The topological polar surface area (TPSA) is 58.4 Å². The third kappa shape index (κ3) is 3.18. The highest BCUT2D eigenvalue weighted by Gasteiger charge is 2.35. The fourth-order valence-electron chi connectivity index (χ4n) is 2.19. The van der Waals surface area contributed by atoms with Crippen molar-refractivity contribution in [3.8, 4) is 0 Å². The van der Waals surface area contributed by atoms with E-state index in [9.17, 15) is 4.79 Å². The average Bonchev–Trinajstić information content (AvgIpc) is 2.43. The van der Waals surface area contributed by atoms with Crippen LogP contribution in [-0.4, -0.2) is 30.4 Å². The molecule has 0 unspecified atom stereocenters. The maximum atomic E-state index is 11.5. The quantitative estimate of drug-likeness (QED) is 0.413. The number of nitrogens with zero attached hydrogens (tertiary/aromatic N) is 1. The summed E-state index contributed by atoms with van der Waals surface area (Å²) >= 11 is 0. The van der Waals surface area contributed by atoms with Crippen LogP contribution in [0.25, 0.3) is 0 Å². The summed E-state index contributed by atoms with van der Waals surface area (Å²) in [6.45, 7) is 11.3. The van der Waals surface area contributed by atoms with Crippen molar-refractivity contribution in [3.05, 3.63) is 0 Å². The number of hydrogen-bond donors (Lipinski definition) is 2. The number of carbonyl (C=O) groups is 1. The Kier molecular flexibility index (Phi) is 3.41. The Morgan fingerprint density at radius 3 is 2.53 bits per heavy atom. The van der Waals surface area contributed by atoms with Gasteiger partial charge in [-0.25, -0.2) is 5.84 Å². The van der Waals surface area contributed by atoms with Crippen molar-refractivity contribution in [1.29, 1.82) is 0 Å². The Morgan fingerprint density at radius 1 is 1.53 bits per heavy atom. The van der Waals surface area contributed by atoms with Gasteiger partial charge in [-0.15, -0.1) is 0 Å². The van der Waals surface area contributed by atoms with E-state index >= 15 is 0 Å². The van der Waals surface area contributed by atoms with E-state index in [1.807, 2.05) is 13.8 Å². The summed E-state index contributed by atoms with van der Waals surface area (Å²) in [6, 6.07) is 0. The third-order valence-electron chi connectivity index (χ3n) is 3.12. The molecule has 88 valence electrons. The first-order valence-corrected chi connectivity index (χ1v) is 5.50. The van der Waals surface area contributed by atoms with Gasteiger partial charge in [-0.1, -0.05) is 13.8 Å². The van der Waals surface area contributed by atoms with E-state index < -0.39 is 5.41 Å². The van der Waals surface area contributed by atoms with Gasteiger partial charge in [0.1, 0.15) is 0 Å². The minimum atomic E-state index is -0.408. The summed E-state index contributed by atoms with van der Waals surface area (Å²) in [7, 11) is 0. The van der Waals surface area contributed by atoms with Crippen LogP contribution in [0.3, 0.4) is 0 Å². The van der Waals surface area contributed by atoms with Crippen molar-refractivity contribution in [2.45, 2.75) is 34.1 Å². The average molecular weight is 213 g/mol. The van der Waals surface area contributed by atoms with Crippen LogP contribution in [0.1, 0.15) is 34.1 Å². The van der Waals surface area contributed by atoms with Crippen molar-refractivity contribution < 1.29 is 4.79 Å². The van der Waals surface area contributed by atoms with Crippen LogP contribution >= 0.6 is 0 Å². The zero-order valence-electron chi connectivity index (χ0n) is 10.3. The van der Waals surface area contributed by atoms with Gasteiger partial charge < -0.3 is 4.90 Å². The van der Waals surface area contributed by atoms with Crippen LogP contribution in [0.4, 0.5) is 0 Å². The number of carbonyl (C=O) groups excluding carboxylic acids is 1. The number of hydrogen-bond acceptors (Lipinski definition) is 3. The molecule has 4 nitrogen and oxygen atoms in total. The van der Waals surface area contributed by atoms with E-state index in [1.54, 1.807) is 0 Å². The Hall–Kier alpha value is -0.610. The van der Waals surface area contributed by atoms with Gasteiger partial charge in [-0.2, -0.15) is 0 Å². The summed E-state index contributed by atoms with van der Waals surface area (Å²) in [5.74, 6) is 5.08. The van der Waals surface area contributed by atoms with E-state index in [1.165, 1.54) is 6.42 Å². The normalized spacial score (nSPS) is 21.7. The number of likely N-dealkylation sites (tertiary alicyclic amines) is 1. The molecule has 0 atom stereocenters. The van der Waals surface area contributed by atoms with Crippen LogP contribution in [0.5, 0.6) is 0 Å². The smallest absolute Gasteiger partial charge is 0.240 e. The molecule has 0 aromatic rings.